The number of nitrogens with zero attached hydrogens (tertiary/aromatic N) is 1. The van der Waals surface area contributed by atoms with Gasteiger partial charge in [-0.2, -0.15) is 4.31 Å². The molecule has 0 fully saturated rings. The van der Waals surface area contributed by atoms with Crippen LogP contribution < -0.4 is 0 Å². The first-order valence-electron chi connectivity index (χ1n) is 5.71. The van der Waals surface area contributed by atoms with Crippen molar-refractivity contribution in [3.63, 3.8) is 0 Å². The molecule has 0 atom stereocenters. The van der Waals surface area contributed by atoms with Crippen LogP contribution in [0, 0.1) is 0 Å². The topological polar surface area (TPSA) is 37.4 Å². The largest absolute Gasteiger partial charge is 0.252 e. The first-order valence-corrected chi connectivity index (χ1v) is 8.50. The molecule has 17 heavy (non-hydrogen) atoms. The zero-order valence-electron chi connectivity index (χ0n) is 10.1. The SMILES string of the molecule is CCCN(CCC)S(=O)(=O)c1ccc(CCl)s1. The van der Waals surface area contributed by atoms with Crippen LogP contribution in [-0.4, -0.2) is 25.8 Å². The van der Waals surface area contributed by atoms with Crippen LogP contribution in [-0.2, 0) is 15.9 Å². The van der Waals surface area contributed by atoms with Crippen LogP contribution in [0.25, 0.3) is 0 Å². The minimum atomic E-state index is -3.32. The maximum absolute atomic E-state index is 12.3. The van der Waals surface area contributed by atoms with E-state index in [2.05, 4.69) is 0 Å². The Morgan fingerprint density at radius 3 is 2.24 bits per heavy atom. The van der Waals surface area contributed by atoms with E-state index in [-0.39, 0.29) is 0 Å². The van der Waals surface area contributed by atoms with Gasteiger partial charge in [-0.3, -0.25) is 0 Å². The lowest BCUT2D eigenvalue weighted by molar-refractivity contribution is 0.411. The summed E-state index contributed by atoms with van der Waals surface area (Å²) in [4.78, 5) is 0.887. The Balaban J connectivity index is 2.98. The number of thiophene rings is 1. The number of hydrogen-bond acceptors (Lipinski definition) is 3. The van der Waals surface area contributed by atoms with Crippen LogP contribution >= 0.6 is 22.9 Å². The molecule has 0 unspecified atom stereocenters. The van der Waals surface area contributed by atoms with Crippen molar-refractivity contribution in [2.24, 2.45) is 0 Å². The minimum Gasteiger partial charge on any atom is -0.206 e. The van der Waals surface area contributed by atoms with Crippen molar-refractivity contribution >= 4 is 33.0 Å². The molecular formula is C11H18ClNO2S2. The van der Waals surface area contributed by atoms with Gasteiger partial charge in [0.15, 0.2) is 0 Å². The number of alkyl halides is 1. The van der Waals surface area contributed by atoms with E-state index in [4.69, 9.17) is 11.6 Å². The number of halogens is 1. The molecule has 3 nitrogen and oxygen atoms in total. The lowest BCUT2D eigenvalue weighted by Crippen LogP contribution is -2.32. The summed E-state index contributed by atoms with van der Waals surface area (Å²) in [6, 6.07) is 3.43. The number of sulfonamides is 1. The number of hydrogen-bond donors (Lipinski definition) is 0. The van der Waals surface area contributed by atoms with E-state index in [1.807, 2.05) is 13.8 Å². The van der Waals surface area contributed by atoms with E-state index >= 15 is 0 Å². The standard InChI is InChI=1S/C11H18ClNO2S2/c1-3-7-13(8-4-2)17(14,15)11-6-5-10(9-12)16-11/h5-6H,3-4,7-9H2,1-2H3. The molecule has 0 bridgehead atoms. The Morgan fingerprint density at radius 2 is 1.82 bits per heavy atom. The van der Waals surface area contributed by atoms with Crippen molar-refractivity contribution in [1.29, 1.82) is 0 Å². The van der Waals surface area contributed by atoms with Gasteiger partial charge in [0.05, 0.1) is 5.88 Å². The van der Waals surface area contributed by atoms with E-state index in [0.29, 0.717) is 23.2 Å². The molecule has 0 spiro atoms. The summed E-state index contributed by atoms with van der Waals surface area (Å²) in [5.74, 6) is 0.363. The molecular weight excluding hydrogens is 278 g/mol. The average Bonchev–Trinajstić information content (AvgIpc) is 2.78. The zero-order chi connectivity index (χ0) is 12.9. The normalized spacial score (nSPS) is 12.2. The molecule has 0 aromatic carbocycles. The molecule has 1 heterocycles. The van der Waals surface area contributed by atoms with E-state index < -0.39 is 10.0 Å². The third-order valence-corrected chi connectivity index (χ3v) is 6.21. The Kier molecular flexibility index (Phi) is 5.92. The van der Waals surface area contributed by atoms with Crippen LogP contribution in [0.5, 0.6) is 0 Å². The third kappa shape index (κ3) is 3.68. The lowest BCUT2D eigenvalue weighted by Gasteiger charge is -2.19. The fourth-order valence-corrected chi connectivity index (χ4v) is 4.78. The van der Waals surface area contributed by atoms with E-state index in [9.17, 15) is 8.42 Å². The van der Waals surface area contributed by atoms with Gasteiger partial charge in [-0.1, -0.05) is 13.8 Å². The Bertz CT molecular complexity index is 436. The summed E-state index contributed by atoms with van der Waals surface area (Å²) < 4.78 is 26.6. The third-order valence-electron chi connectivity index (χ3n) is 2.31. The summed E-state index contributed by atoms with van der Waals surface area (Å²) in [7, 11) is -3.32. The minimum absolute atomic E-state index is 0.363. The van der Waals surface area contributed by atoms with E-state index in [0.717, 1.165) is 17.7 Å². The number of rotatable bonds is 7. The second-order valence-electron chi connectivity index (χ2n) is 3.76. The summed E-state index contributed by atoms with van der Waals surface area (Å²) >= 11 is 6.95. The molecule has 1 aromatic rings. The Morgan fingerprint density at radius 1 is 1.24 bits per heavy atom. The molecule has 0 aliphatic carbocycles. The van der Waals surface area contributed by atoms with Gasteiger partial charge in [0, 0.05) is 18.0 Å². The van der Waals surface area contributed by atoms with Crippen molar-refractivity contribution in [3.8, 4) is 0 Å². The van der Waals surface area contributed by atoms with Gasteiger partial charge in [-0.25, -0.2) is 8.42 Å². The van der Waals surface area contributed by atoms with Gasteiger partial charge in [0.2, 0.25) is 0 Å². The van der Waals surface area contributed by atoms with Crippen molar-refractivity contribution in [1.82, 2.24) is 4.31 Å². The van der Waals surface area contributed by atoms with Crippen LogP contribution in [0.3, 0.4) is 0 Å². The van der Waals surface area contributed by atoms with Gasteiger partial charge in [-0.05, 0) is 25.0 Å². The van der Waals surface area contributed by atoms with Crippen molar-refractivity contribution in [2.45, 2.75) is 36.8 Å². The first-order chi connectivity index (χ1) is 8.06. The van der Waals surface area contributed by atoms with E-state index in [1.54, 1.807) is 16.4 Å². The van der Waals surface area contributed by atoms with Gasteiger partial charge in [0.1, 0.15) is 4.21 Å². The monoisotopic (exact) mass is 295 g/mol. The molecule has 0 aliphatic heterocycles. The predicted octanol–water partition coefficient (Wildman–Crippen LogP) is 3.30. The highest BCUT2D eigenvalue weighted by Gasteiger charge is 2.24. The second-order valence-corrected chi connectivity index (χ2v) is 7.36. The van der Waals surface area contributed by atoms with Crippen LogP contribution in [0.2, 0.25) is 0 Å². The molecule has 1 rings (SSSR count). The second kappa shape index (κ2) is 6.73. The maximum Gasteiger partial charge on any atom is 0.252 e. The molecule has 1 aromatic heterocycles. The average molecular weight is 296 g/mol. The summed E-state index contributed by atoms with van der Waals surface area (Å²) in [5.41, 5.74) is 0. The van der Waals surface area contributed by atoms with Crippen molar-refractivity contribution in [2.75, 3.05) is 13.1 Å². The lowest BCUT2D eigenvalue weighted by atomic mass is 10.4. The zero-order valence-corrected chi connectivity index (χ0v) is 12.5. The summed E-state index contributed by atoms with van der Waals surface area (Å²) in [6.45, 7) is 5.11. The molecule has 98 valence electrons. The summed E-state index contributed by atoms with van der Waals surface area (Å²) in [6.07, 6.45) is 1.65. The first kappa shape index (κ1) is 15.0. The molecule has 0 aliphatic rings. The van der Waals surface area contributed by atoms with Crippen LogP contribution in [0.4, 0.5) is 0 Å². The highest BCUT2D eigenvalue weighted by molar-refractivity contribution is 7.91. The fourth-order valence-electron chi connectivity index (χ4n) is 1.55. The quantitative estimate of drug-likeness (QED) is 0.724. The molecule has 0 radical (unpaired) electrons. The van der Waals surface area contributed by atoms with Crippen molar-refractivity contribution < 1.29 is 8.42 Å². The highest BCUT2D eigenvalue weighted by atomic mass is 35.5. The van der Waals surface area contributed by atoms with E-state index in [1.165, 1.54) is 11.3 Å². The molecule has 0 saturated carbocycles. The van der Waals surface area contributed by atoms with Crippen molar-refractivity contribution in [3.05, 3.63) is 17.0 Å². The summed E-state index contributed by atoms with van der Waals surface area (Å²) in [5, 5.41) is 0. The highest BCUT2D eigenvalue weighted by Crippen LogP contribution is 2.26. The Labute approximate surface area is 112 Å². The maximum atomic E-state index is 12.3. The molecule has 0 amide bonds. The molecule has 6 heteroatoms. The van der Waals surface area contributed by atoms with Crippen LogP contribution in [0.1, 0.15) is 31.6 Å². The molecule has 0 N–H and O–H groups in total. The predicted molar refractivity (Wildman–Crippen MR) is 73.2 cm³/mol. The van der Waals surface area contributed by atoms with Gasteiger partial charge < -0.3 is 0 Å². The molecule has 0 saturated heterocycles. The Hall–Kier alpha value is -0.100. The van der Waals surface area contributed by atoms with Crippen LogP contribution in [0.15, 0.2) is 16.3 Å². The smallest absolute Gasteiger partial charge is 0.206 e. The van der Waals surface area contributed by atoms with Gasteiger partial charge >= 0.3 is 0 Å². The fraction of sp³-hybridized carbons (Fsp3) is 0.636. The van der Waals surface area contributed by atoms with Gasteiger partial charge in [0.25, 0.3) is 10.0 Å². The van der Waals surface area contributed by atoms with Gasteiger partial charge in [-0.15, -0.1) is 22.9 Å².